The van der Waals surface area contributed by atoms with E-state index in [9.17, 15) is 9.59 Å². The molecule has 0 N–H and O–H groups in total. The van der Waals surface area contributed by atoms with Crippen molar-refractivity contribution in [2.75, 3.05) is 6.61 Å². The average molecular weight is 353 g/mol. The molecule has 2 rings (SSSR count). The first kappa shape index (κ1) is 15.2. The number of hydrogen-bond acceptors (Lipinski definition) is 5. The summed E-state index contributed by atoms with van der Waals surface area (Å²) in [7, 11) is 0. The van der Waals surface area contributed by atoms with Crippen molar-refractivity contribution < 1.29 is 19.1 Å². The van der Waals surface area contributed by atoms with E-state index < -0.39 is 6.16 Å². The van der Waals surface area contributed by atoms with Crippen LogP contribution in [0.3, 0.4) is 0 Å². The molecule has 1 aromatic heterocycles. The summed E-state index contributed by atoms with van der Waals surface area (Å²) in [5, 5.41) is 0. The molecule has 0 saturated heterocycles. The smallest absolute Gasteiger partial charge is 0.434 e. The highest BCUT2D eigenvalue weighted by Gasteiger charge is 2.14. The lowest BCUT2D eigenvalue weighted by Crippen LogP contribution is -2.10. The predicted octanol–water partition coefficient (Wildman–Crippen LogP) is 3.51. The summed E-state index contributed by atoms with van der Waals surface area (Å²) in [5.74, 6) is 0.155. The minimum absolute atomic E-state index is 0.156. The molecule has 0 bridgehead atoms. The number of rotatable bonds is 3. The number of aromatic nitrogens is 2. The monoisotopic (exact) mass is 352 g/mol. The van der Waals surface area contributed by atoms with Crippen LogP contribution in [0.25, 0.3) is 11.3 Å². The lowest BCUT2D eigenvalue weighted by molar-refractivity contribution is 0.0935. The Labute approximate surface area is 129 Å². The van der Waals surface area contributed by atoms with Gasteiger partial charge in [-0.3, -0.25) is 9.36 Å². The Balaban J connectivity index is 2.38. The van der Waals surface area contributed by atoms with E-state index in [0.717, 1.165) is 4.47 Å². The summed E-state index contributed by atoms with van der Waals surface area (Å²) < 4.78 is 12.1. The Hall–Kier alpha value is -2.15. The van der Waals surface area contributed by atoms with Gasteiger partial charge in [0.2, 0.25) is 5.91 Å². The fourth-order valence-electron chi connectivity index (χ4n) is 1.66. The van der Waals surface area contributed by atoms with E-state index >= 15 is 0 Å². The number of benzene rings is 1. The van der Waals surface area contributed by atoms with Crippen molar-refractivity contribution in [3.8, 4) is 17.0 Å². The highest BCUT2D eigenvalue weighted by Crippen LogP contribution is 2.32. The molecule has 7 heteroatoms. The minimum atomic E-state index is -0.785. The summed E-state index contributed by atoms with van der Waals surface area (Å²) >= 11 is 3.35. The van der Waals surface area contributed by atoms with Crippen LogP contribution in [0.15, 0.2) is 35.2 Å². The van der Waals surface area contributed by atoms with Crippen LogP contribution in [-0.2, 0) is 4.74 Å². The average Bonchev–Trinajstić information content (AvgIpc) is 2.91. The van der Waals surface area contributed by atoms with E-state index in [1.165, 1.54) is 17.8 Å². The molecule has 1 aromatic carbocycles. The first-order valence-electron chi connectivity index (χ1n) is 6.20. The second-order valence-corrected chi connectivity index (χ2v) is 5.03. The van der Waals surface area contributed by atoms with Gasteiger partial charge in [-0.25, -0.2) is 9.78 Å². The highest BCUT2D eigenvalue weighted by atomic mass is 79.9. The van der Waals surface area contributed by atoms with E-state index in [4.69, 9.17) is 9.47 Å². The zero-order valence-electron chi connectivity index (χ0n) is 11.5. The Morgan fingerprint density at radius 1 is 1.38 bits per heavy atom. The molecule has 21 heavy (non-hydrogen) atoms. The van der Waals surface area contributed by atoms with Crippen LogP contribution in [0.5, 0.6) is 5.75 Å². The maximum Gasteiger partial charge on any atom is 0.513 e. The zero-order valence-corrected chi connectivity index (χ0v) is 13.1. The SMILES string of the molecule is CCOC(=O)Oc1ccc(Br)cc1-c1cn(C(C)=O)cn1. The van der Waals surface area contributed by atoms with Crippen LogP contribution in [0.4, 0.5) is 4.79 Å². The summed E-state index contributed by atoms with van der Waals surface area (Å²) in [6, 6.07) is 5.12. The molecule has 0 spiro atoms. The maximum absolute atomic E-state index is 11.5. The van der Waals surface area contributed by atoms with Gasteiger partial charge >= 0.3 is 6.16 Å². The van der Waals surface area contributed by atoms with Crippen LogP contribution in [0.2, 0.25) is 0 Å². The molecule has 0 radical (unpaired) electrons. The Bertz CT molecular complexity index is 681. The Kier molecular flexibility index (Phi) is 4.74. The number of nitrogens with zero attached hydrogens (tertiary/aromatic N) is 2. The van der Waals surface area contributed by atoms with Gasteiger partial charge in [0, 0.05) is 23.2 Å². The third-order valence-electron chi connectivity index (χ3n) is 2.62. The maximum atomic E-state index is 11.5. The van der Waals surface area contributed by atoms with Crippen molar-refractivity contribution in [2.24, 2.45) is 0 Å². The first-order valence-corrected chi connectivity index (χ1v) is 7.00. The standard InChI is InChI=1S/C14H13BrN2O4/c1-3-20-14(19)21-13-5-4-10(15)6-11(13)12-7-17(8-16-12)9(2)18/h4-8H,3H2,1-2H3. The summed E-state index contributed by atoms with van der Waals surface area (Å²) in [4.78, 5) is 26.9. The first-order chi connectivity index (χ1) is 10.0. The van der Waals surface area contributed by atoms with E-state index in [1.807, 2.05) is 0 Å². The number of carbonyl (C=O) groups excluding carboxylic acids is 2. The van der Waals surface area contributed by atoms with Gasteiger partial charge in [0.05, 0.1) is 12.3 Å². The summed E-state index contributed by atoms with van der Waals surface area (Å²) in [6.45, 7) is 3.35. The molecule has 2 aromatic rings. The molecule has 0 amide bonds. The third kappa shape index (κ3) is 3.69. The predicted molar refractivity (Wildman–Crippen MR) is 79.3 cm³/mol. The molecule has 0 aliphatic carbocycles. The van der Waals surface area contributed by atoms with Crippen LogP contribution in [-0.4, -0.2) is 28.2 Å². The quantitative estimate of drug-likeness (QED) is 0.624. The molecule has 0 atom stereocenters. The minimum Gasteiger partial charge on any atom is -0.434 e. The molecule has 0 aliphatic heterocycles. The van der Waals surface area contributed by atoms with Gasteiger partial charge in [-0.2, -0.15) is 0 Å². The Morgan fingerprint density at radius 2 is 2.14 bits per heavy atom. The zero-order chi connectivity index (χ0) is 15.4. The van der Waals surface area contributed by atoms with Crippen LogP contribution < -0.4 is 4.74 Å². The Morgan fingerprint density at radius 3 is 2.76 bits per heavy atom. The lowest BCUT2D eigenvalue weighted by Gasteiger charge is -2.08. The van der Waals surface area contributed by atoms with Gasteiger partial charge in [0.15, 0.2) is 0 Å². The summed E-state index contributed by atoms with van der Waals surface area (Å²) in [5.41, 5.74) is 1.10. The molecular formula is C14H13BrN2O4. The van der Waals surface area contributed by atoms with Gasteiger partial charge < -0.3 is 9.47 Å². The van der Waals surface area contributed by atoms with Crippen molar-refractivity contribution in [3.63, 3.8) is 0 Å². The van der Waals surface area contributed by atoms with E-state index in [-0.39, 0.29) is 12.5 Å². The number of hydrogen-bond donors (Lipinski definition) is 0. The molecular weight excluding hydrogens is 340 g/mol. The third-order valence-corrected chi connectivity index (χ3v) is 3.11. The normalized spacial score (nSPS) is 10.2. The van der Waals surface area contributed by atoms with Crippen molar-refractivity contribution in [1.29, 1.82) is 0 Å². The van der Waals surface area contributed by atoms with Crippen LogP contribution in [0.1, 0.15) is 18.6 Å². The molecule has 0 fully saturated rings. The van der Waals surface area contributed by atoms with Gasteiger partial charge in [-0.05, 0) is 25.1 Å². The molecule has 1 heterocycles. The van der Waals surface area contributed by atoms with Crippen LogP contribution >= 0.6 is 15.9 Å². The van der Waals surface area contributed by atoms with E-state index in [0.29, 0.717) is 17.0 Å². The second kappa shape index (κ2) is 6.53. The highest BCUT2D eigenvalue weighted by molar-refractivity contribution is 9.10. The van der Waals surface area contributed by atoms with Gasteiger partial charge in [-0.15, -0.1) is 0 Å². The summed E-state index contributed by atoms with van der Waals surface area (Å²) in [6.07, 6.45) is 2.20. The molecule has 0 saturated carbocycles. The fraction of sp³-hybridized carbons (Fsp3) is 0.214. The lowest BCUT2D eigenvalue weighted by atomic mass is 10.1. The van der Waals surface area contributed by atoms with Gasteiger partial charge in [0.25, 0.3) is 0 Å². The van der Waals surface area contributed by atoms with Crippen molar-refractivity contribution in [2.45, 2.75) is 13.8 Å². The molecule has 6 nitrogen and oxygen atoms in total. The molecule has 0 unspecified atom stereocenters. The topological polar surface area (TPSA) is 70.4 Å². The molecule has 110 valence electrons. The van der Waals surface area contributed by atoms with Crippen molar-refractivity contribution >= 4 is 28.0 Å². The van der Waals surface area contributed by atoms with Crippen LogP contribution in [0, 0.1) is 0 Å². The van der Waals surface area contributed by atoms with Gasteiger partial charge in [0.1, 0.15) is 12.1 Å². The number of imidazole rings is 1. The number of ether oxygens (including phenoxy) is 2. The fourth-order valence-corrected chi connectivity index (χ4v) is 2.02. The van der Waals surface area contributed by atoms with E-state index in [2.05, 4.69) is 20.9 Å². The van der Waals surface area contributed by atoms with Crippen molar-refractivity contribution in [1.82, 2.24) is 9.55 Å². The van der Waals surface area contributed by atoms with Crippen molar-refractivity contribution in [3.05, 3.63) is 35.2 Å². The van der Waals surface area contributed by atoms with Gasteiger partial charge in [-0.1, -0.05) is 15.9 Å². The van der Waals surface area contributed by atoms with E-state index in [1.54, 1.807) is 31.3 Å². The number of halogens is 1. The second-order valence-electron chi connectivity index (χ2n) is 4.11. The largest absolute Gasteiger partial charge is 0.513 e. The molecule has 0 aliphatic rings. The number of carbonyl (C=O) groups is 2.